The second-order valence-corrected chi connectivity index (χ2v) is 7.10. The second kappa shape index (κ2) is 6.28. The molecule has 0 unspecified atom stereocenters. The SMILES string of the molecule is c1ccc2c(c1)Cc1c-2cccc1C1CCCCCCCC1. The molecule has 0 aromatic heterocycles. The number of hydrogen-bond acceptors (Lipinski definition) is 0. The lowest BCUT2D eigenvalue weighted by atomic mass is 9.85. The Hall–Kier alpha value is -1.56. The van der Waals surface area contributed by atoms with Crippen molar-refractivity contribution in [2.45, 2.75) is 63.7 Å². The quantitative estimate of drug-likeness (QED) is 0.481. The van der Waals surface area contributed by atoms with Crippen molar-refractivity contribution in [2.24, 2.45) is 0 Å². The molecule has 0 amide bonds. The predicted molar refractivity (Wildman–Crippen MR) is 94.4 cm³/mol. The van der Waals surface area contributed by atoms with Crippen LogP contribution in [0.2, 0.25) is 0 Å². The summed E-state index contributed by atoms with van der Waals surface area (Å²) in [5.41, 5.74) is 7.80. The fourth-order valence-electron chi connectivity index (χ4n) is 4.51. The largest absolute Gasteiger partial charge is 0.0619 e. The van der Waals surface area contributed by atoms with Crippen LogP contribution in [0.4, 0.5) is 0 Å². The molecular formula is C22H26. The molecule has 0 nitrogen and oxygen atoms in total. The molecule has 4 rings (SSSR count). The Labute approximate surface area is 134 Å². The maximum absolute atomic E-state index is 2.42. The summed E-state index contributed by atoms with van der Waals surface area (Å²) in [7, 11) is 0. The van der Waals surface area contributed by atoms with Gasteiger partial charge in [0.05, 0.1) is 0 Å². The van der Waals surface area contributed by atoms with Gasteiger partial charge < -0.3 is 0 Å². The normalized spacial score (nSPS) is 18.9. The zero-order valence-corrected chi connectivity index (χ0v) is 13.5. The summed E-state index contributed by atoms with van der Waals surface area (Å²) < 4.78 is 0. The van der Waals surface area contributed by atoms with Crippen LogP contribution in [0.15, 0.2) is 42.5 Å². The van der Waals surface area contributed by atoms with Crippen LogP contribution in [-0.4, -0.2) is 0 Å². The first-order chi connectivity index (χ1) is 10.9. The maximum atomic E-state index is 2.42. The molecule has 2 aliphatic rings. The first-order valence-electron chi connectivity index (χ1n) is 9.13. The Kier molecular flexibility index (Phi) is 4.01. The molecule has 0 spiro atoms. The van der Waals surface area contributed by atoms with Crippen LogP contribution in [0.1, 0.15) is 74.0 Å². The molecule has 0 saturated heterocycles. The van der Waals surface area contributed by atoms with Gasteiger partial charge in [-0.1, -0.05) is 81.0 Å². The monoisotopic (exact) mass is 290 g/mol. The van der Waals surface area contributed by atoms with E-state index in [-0.39, 0.29) is 0 Å². The summed E-state index contributed by atoms with van der Waals surface area (Å²) in [5, 5.41) is 0. The van der Waals surface area contributed by atoms with Gasteiger partial charge >= 0.3 is 0 Å². The molecule has 1 fully saturated rings. The highest BCUT2D eigenvalue weighted by atomic mass is 14.3. The van der Waals surface area contributed by atoms with E-state index in [1.807, 2.05) is 0 Å². The van der Waals surface area contributed by atoms with E-state index in [1.165, 1.54) is 68.1 Å². The lowest BCUT2D eigenvalue weighted by Gasteiger charge is -2.20. The van der Waals surface area contributed by atoms with Gasteiger partial charge in [0.25, 0.3) is 0 Å². The molecule has 2 aliphatic carbocycles. The average molecular weight is 290 g/mol. The molecule has 0 radical (unpaired) electrons. The van der Waals surface area contributed by atoms with Gasteiger partial charge in [-0.3, -0.25) is 0 Å². The van der Waals surface area contributed by atoms with Gasteiger partial charge in [-0.15, -0.1) is 0 Å². The maximum Gasteiger partial charge on any atom is -0.00106 e. The third-order valence-electron chi connectivity index (χ3n) is 5.68. The van der Waals surface area contributed by atoms with Crippen LogP contribution in [0.25, 0.3) is 11.1 Å². The molecule has 0 bridgehead atoms. The summed E-state index contributed by atoms with van der Waals surface area (Å²) in [5.74, 6) is 0.794. The Morgan fingerprint density at radius 3 is 2.14 bits per heavy atom. The standard InChI is InChI=1S/C22H26/c1-2-4-6-11-17(10-5-3-1)19-14-9-15-21-20-13-8-7-12-18(20)16-22(19)21/h7-9,12-15,17H,1-6,10-11,16H2. The smallest absolute Gasteiger partial charge is 0.00106 e. The lowest BCUT2D eigenvalue weighted by molar-refractivity contribution is 0.537. The molecular weight excluding hydrogens is 264 g/mol. The number of fused-ring (bicyclic) bond motifs is 3. The van der Waals surface area contributed by atoms with Gasteiger partial charge in [-0.25, -0.2) is 0 Å². The van der Waals surface area contributed by atoms with E-state index in [2.05, 4.69) is 42.5 Å². The minimum absolute atomic E-state index is 0.794. The van der Waals surface area contributed by atoms with Gasteiger partial charge in [0, 0.05) is 0 Å². The number of rotatable bonds is 1. The van der Waals surface area contributed by atoms with E-state index >= 15 is 0 Å². The van der Waals surface area contributed by atoms with E-state index in [1.54, 1.807) is 11.1 Å². The first kappa shape index (κ1) is 14.1. The Balaban J connectivity index is 1.68. The molecule has 2 aromatic rings. The molecule has 0 atom stereocenters. The van der Waals surface area contributed by atoms with Gasteiger partial charge in [0.2, 0.25) is 0 Å². The van der Waals surface area contributed by atoms with E-state index < -0.39 is 0 Å². The average Bonchev–Trinajstić information content (AvgIpc) is 2.99. The summed E-state index contributed by atoms with van der Waals surface area (Å²) in [6.45, 7) is 0. The van der Waals surface area contributed by atoms with Crippen molar-refractivity contribution in [1.29, 1.82) is 0 Å². The second-order valence-electron chi connectivity index (χ2n) is 7.10. The summed E-state index contributed by atoms with van der Waals surface area (Å²) >= 11 is 0. The van der Waals surface area contributed by atoms with Gasteiger partial charge in [-0.2, -0.15) is 0 Å². The molecule has 0 N–H and O–H groups in total. The van der Waals surface area contributed by atoms with Crippen LogP contribution in [0.5, 0.6) is 0 Å². The molecule has 0 heteroatoms. The van der Waals surface area contributed by atoms with E-state index in [0.29, 0.717) is 0 Å². The van der Waals surface area contributed by atoms with Crippen molar-refractivity contribution in [1.82, 2.24) is 0 Å². The number of benzene rings is 2. The molecule has 22 heavy (non-hydrogen) atoms. The Morgan fingerprint density at radius 2 is 1.32 bits per heavy atom. The van der Waals surface area contributed by atoms with Crippen LogP contribution in [-0.2, 0) is 6.42 Å². The predicted octanol–water partition coefficient (Wildman–Crippen LogP) is 6.48. The van der Waals surface area contributed by atoms with Crippen molar-refractivity contribution < 1.29 is 0 Å². The molecule has 0 heterocycles. The van der Waals surface area contributed by atoms with Gasteiger partial charge in [0.1, 0.15) is 0 Å². The van der Waals surface area contributed by atoms with E-state index in [9.17, 15) is 0 Å². The van der Waals surface area contributed by atoms with Crippen molar-refractivity contribution in [3.05, 3.63) is 59.2 Å². The van der Waals surface area contributed by atoms with Crippen molar-refractivity contribution in [2.75, 3.05) is 0 Å². The summed E-state index contributed by atoms with van der Waals surface area (Å²) in [6, 6.07) is 16.0. The van der Waals surface area contributed by atoms with Crippen LogP contribution < -0.4 is 0 Å². The Bertz CT molecular complexity index is 643. The molecule has 2 aromatic carbocycles. The zero-order valence-electron chi connectivity index (χ0n) is 13.5. The minimum atomic E-state index is 0.794. The van der Waals surface area contributed by atoms with Crippen LogP contribution >= 0.6 is 0 Å². The van der Waals surface area contributed by atoms with Crippen molar-refractivity contribution in [3.8, 4) is 11.1 Å². The van der Waals surface area contributed by atoms with Crippen LogP contribution in [0.3, 0.4) is 0 Å². The number of hydrogen-bond donors (Lipinski definition) is 0. The molecule has 0 aliphatic heterocycles. The highest BCUT2D eigenvalue weighted by Crippen LogP contribution is 2.42. The summed E-state index contributed by atoms with van der Waals surface area (Å²) in [4.78, 5) is 0. The Morgan fingerprint density at radius 1 is 0.636 bits per heavy atom. The van der Waals surface area contributed by atoms with Crippen LogP contribution in [0, 0.1) is 0 Å². The van der Waals surface area contributed by atoms with Crippen molar-refractivity contribution >= 4 is 0 Å². The van der Waals surface area contributed by atoms with Gasteiger partial charge in [0.15, 0.2) is 0 Å². The molecule has 1 saturated carbocycles. The first-order valence-corrected chi connectivity index (χ1v) is 9.13. The summed E-state index contributed by atoms with van der Waals surface area (Å²) in [6.07, 6.45) is 12.5. The molecule has 114 valence electrons. The van der Waals surface area contributed by atoms with E-state index in [4.69, 9.17) is 0 Å². The fourth-order valence-corrected chi connectivity index (χ4v) is 4.51. The fraction of sp³-hybridized carbons (Fsp3) is 0.455. The lowest BCUT2D eigenvalue weighted by Crippen LogP contribution is -2.03. The highest BCUT2D eigenvalue weighted by Gasteiger charge is 2.24. The third kappa shape index (κ3) is 2.60. The van der Waals surface area contributed by atoms with Gasteiger partial charge in [-0.05, 0) is 53.0 Å². The van der Waals surface area contributed by atoms with E-state index in [0.717, 1.165) is 12.3 Å². The highest BCUT2D eigenvalue weighted by molar-refractivity contribution is 5.78. The third-order valence-corrected chi connectivity index (χ3v) is 5.68. The zero-order chi connectivity index (χ0) is 14.8. The topological polar surface area (TPSA) is 0 Å². The minimum Gasteiger partial charge on any atom is -0.0619 e. The van der Waals surface area contributed by atoms with Crippen molar-refractivity contribution in [3.63, 3.8) is 0 Å².